The Labute approximate surface area is 176 Å². The van der Waals surface area contributed by atoms with Gasteiger partial charge < -0.3 is 13.9 Å². The van der Waals surface area contributed by atoms with Crippen LogP contribution in [0.25, 0.3) is 0 Å². The third-order valence-corrected chi connectivity index (χ3v) is 9.02. The van der Waals surface area contributed by atoms with Crippen molar-refractivity contribution in [3.63, 3.8) is 0 Å². The topological polar surface area (TPSA) is 48.7 Å². The number of hydrogen-bond acceptors (Lipinski definition) is 6. The van der Waals surface area contributed by atoms with Crippen molar-refractivity contribution in [1.82, 2.24) is 0 Å². The predicted molar refractivity (Wildman–Crippen MR) is 115 cm³/mol. The fourth-order valence-electron chi connectivity index (χ4n) is 4.35. The summed E-state index contributed by atoms with van der Waals surface area (Å²) in [5.74, 6) is 3.64. The van der Waals surface area contributed by atoms with Gasteiger partial charge in [0.25, 0.3) is 0 Å². The van der Waals surface area contributed by atoms with Crippen molar-refractivity contribution in [3.05, 3.63) is 35.8 Å². The SMILES string of the molecule is Cc1ccc(C(=O)/C=C/C2CCC3(OCC(C)(C)CO3)C2CC2SCCS2)o1. The molecule has 0 amide bonds. The van der Waals surface area contributed by atoms with Crippen LogP contribution in [0, 0.1) is 24.2 Å². The Balaban J connectivity index is 1.50. The van der Waals surface area contributed by atoms with E-state index in [0.717, 1.165) is 38.2 Å². The number of allylic oxidation sites excluding steroid dienone is 2. The zero-order valence-corrected chi connectivity index (χ0v) is 18.6. The fraction of sp³-hybridized carbons (Fsp3) is 0.682. The third-order valence-electron chi connectivity index (χ3n) is 5.94. The lowest BCUT2D eigenvalue weighted by Gasteiger charge is -2.45. The fourth-order valence-corrected chi connectivity index (χ4v) is 7.30. The van der Waals surface area contributed by atoms with Gasteiger partial charge in [0.1, 0.15) is 5.76 Å². The van der Waals surface area contributed by atoms with Gasteiger partial charge in [0.2, 0.25) is 5.78 Å². The first kappa shape index (κ1) is 20.6. The molecule has 1 saturated carbocycles. The smallest absolute Gasteiger partial charge is 0.220 e. The molecule has 0 N–H and O–H groups in total. The molecule has 2 atom stereocenters. The largest absolute Gasteiger partial charge is 0.458 e. The number of aryl methyl sites for hydroxylation is 1. The molecule has 3 fully saturated rings. The van der Waals surface area contributed by atoms with Crippen LogP contribution in [0.3, 0.4) is 0 Å². The molecule has 2 aliphatic heterocycles. The maximum Gasteiger partial charge on any atom is 0.220 e. The zero-order valence-electron chi connectivity index (χ0n) is 16.9. The molecule has 3 heterocycles. The Morgan fingerprint density at radius 2 is 1.93 bits per heavy atom. The second-order valence-electron chi connectivity index (χ2n) is 8.90. The van der Waals surface area contributed by atoms with Crippen molar-refractivity contribution in [3.8, 4) is 0 Å². The van der Waals surface area contributed by atoms with Crippen LogP contribution < -0.4 is 0 Å². The maximum absolute atomic E-state index is 12.5. The monoisotopic (exact) mass is 422 g/mol. The second kappa shape index (κ2) is 8.21. The molecule has 2 unspecified atom stereocenters. The number of carbonyl (C=O) groups is 1. The lowest BCUT2D eigenvalue weighted by atomic mass is 9.87. The van der Waals surface area contributed by atoms with Crippen LogP contribution in [0.15, 0.2) is 28.7 Å². The van der Waals surface area contributed by atoms with E-state index in [-0.39, 0.29) is 17.1 Å². The number of furan rings is 1. The lowest BCUT2D eigenvalue weighted by Crippen LogP contribution is -2.50. The van der Waals surface area contributed by atoms with Crippen molar-refractivity contribution in [2.75, 3.05) is 24.7 Å². The second-order valence-corrected chi connectivity index (χ2v) is 11.8. The van der Waals surface area contributed by atoms with Gasteiger partial charge in [-0.3, -0.25) is 4.79 Å². The van der Waals surface area contributed by atoms with Crippen LogP contribution in [0.2, 0.25) is 0 Å². The van der Waals surface area contributed by atoms with Crippen LogP contribution in [0.1, 0.15) is 49.4 Å². The molecular formula is C22H30O4S2. The van der Waals surface area contributed by atoms with Crippen LogP contribution in [0.5, 0.6) is 0 Å². The molecular weight excluding hydrogens is 392 g/mol. The molecule has 6 heteroatoms. The Morgan fingerprint density at radius 3 is 2.57 bits per heavy atom. The van der Waals surface area contributed by atoms with Gasteiger partial charge in [0.15, 0.2) is 11.5 Å². The van der Waals surface area contributed by atoms with Crippen LogP contribution in [-0.2, 0) is 9.47 Å². The highest BCUT2D eigenvalue weighted by molar-refractivity contribution is 8.20. The summed E-state index contributed by atoms with van der Waals surface area (Å²) in [5, 5.41) is 0. The highest BCUT2D eigenvalue weighted by atomic mass is 32.2. The highest BCUT2D eigenvalue weighted by Crippen LogP contribution is 2.52. The van der Waals surface area contributed by atoms with Crippen molar-refractivity contribution < 1.29 is 18.7 Å². The number of hydrogen-bond donors (Lipinski definition) is 0. The molecule has 1 aliphatic carbocycles. The number of rotatable bonds is 5. The van der Waals surface area contributed by atoms with Gasteiger partial charge in [-0.05, 0) is 43.9 Å². The number of thioether (sulfide) groups is 2. The molecule has 1 spiro atoms. The molecule has 4 rings (SSSR count). The minimum absolute atomic E-state index is 0.0632. The van der Waals surface area contributed by atoms with Crippen molar-refractivity contribution in [2.45, 2.75) is 50.4 Å². The molecule has 28 heavy (non-hydrogen) atoms. The summed E-state index contributed by atoms with van der Waals surface area (Å²) < 4.78 is 18.9. The summed E-state index contributed by atoms with van der Waals surface area (Å²) >= 11 is 4.10. The molecule has 2 saturated heterocycles. The van der Waals surface area contributed by atoms with Gasteiger partial charge in [-0.25, -0.2) is 0 Å². The summed E-state index contributed by atoms with van der Waals surface area (Å²) in [4.78, 5) is 12.5. The predicted octanol–water partition coefficient (Wildman–Crippen LogP) is 5.32. The van der Waals surface area contributed by atoms with Crippen molar-refractivity contribution in [1.29, 1.82) is 0 Å². The maximum atomic E-state index is 12.5. The molecule has 4 nitrogen and oxygen atoms in total. The average molecular weight is 423 g/mol. The van der Waals surface area contributed by atoms with Crippen molar-refractivity contribution >= 4 is 29.3 Å². The Morgan fingerprint density at radius 1 is 1.21 bits per heavy atom. The van der Waals surface area contributed by atoms with Crippen LogP contribution in [0.4, 0.5) is 0 Å². The van der Waals surface area contributed by atoms with Crippen molar-refractivity contribution in [2.24, 2.45) is 17.3 Å². The van der Waals surface area contributed by atoms with E-state index in [1.54, 1.807) is 12.1 Å². The molecule has 3 aliphatic rings. The van der Waals surface area contributed by atoms with Gasteiger partial charge in [-0.15, -0.1) is 23.5 Å². The number of carbonyl (C=O) groups excluding carboxylic acids is 1. The standard InChI is InChI=1S/C22H30O4S2/c1-15-4-7-19(26-15)18(23)6-5-16-8-9-22(24-13-21(2,3)14-25-22)17(16)12-20-27-10-11-28-20/h4-7,16-17,20H,8-14H2,1-3H3/b6-5+. The molecule has 0 aromatic carbocycles. The molecule has 154 valence electrons. The first-order valence-electron chi connectivity index (χ1n) is 10.2. The summed E-state index contributed by atoms with van der Waals surface area (Å²) in [6.07, 6.45) is 6.73. The van der Waals surface area contributed by atoms with E-state index < -0.39 is 5.79 Å². The van der Waals surface area contributed by atoms with Crippen LogP contribution in [-0.4, -0.2) is 40.9 Å². The average Bonchev–Trinajstić information content (AvgIpc) is 3.39. The zero-order chi connectivity index (χ0) is 19.8. The van der Waals surface area contributed by atoms with Gasteiger partial charge in [-0.1, -0.05) is 19.9 Å². The van der Waals surface area contributed by atoms with E-state index in [1.807, 2.05) is 36.5 Å². The minimum atomic E-state index is -0.488. The van der Waals surface area contributed by atoms with E-state index in [9.17, 15) is 4.79 Å². The number of ether oxygens (including phenoxy) is 2. The Kier molecular flexibility index (Phi) is 6.03. The van der Waals surface area contributed by atoms with E-state index >= 15 is 0 Å². The summed E-state index contributed by atoms with van der Waals surface area (Å²) in [5.41, 5.74) is 0.0632. The Hall–Kier alpha value is -0.690. The van der Waals surface area contributed by atoms with Gasteiger partial charge in [0.05, 0.1) is 17.8 Å². The van der Waals surface area contributed by atoms with E-state index in [0.29, 0.717) is 16.3 Å². The number of ketones is 1. The minimum Gasteiger partial charge on any atom is -0.458 e. The normalized spacial score (nSPS) is 29.8. The molecule has 0 bridgehead atoms. The molecule has 0 radical (unpaired) electrons. The molecule has 1 aromatic rings. The van der Waals surface area contributed by atoms with E-state index in [2.05, 4.69) is 19.9 Å². The van der Waals surface area contributed by atoms with E-state index in [1.165, 1.54) is 11.5 Å². The third kappa shape index (κ3) is 4.40. The van der Waals surface area contributed by atoms with Gasteiger partial charge in [0, 0.05) is 29.3 Å². The summed E-state index contributed by atoms with van der Waals surface area (Å²) in [6.45, 7) is 7.69. The first-order chi connectivity index (χ1) is 13.4. The lowest BCUT2D eigenvalue weighted by molar-refractivity contribution is -0.315. The summed E-state index contributed by atoms with van der Waals surface area (Å²) in [7, 11) is 0. The quantitative estimate of drug-likeness (QED) is 0.473. The Bertz CT molecular complexity index is 723. The van der Waals surface area contributed by atoms with Crippen LogP contribution >= 0.6 is 23.5 Å². The van der Waals surface area contributed by atoms with Gasteiger partial charge in [-0.2, -0.15) is 0 Å². The molecule has 1 aromatic heterocycles. The van der Waals surface area contributed by atoms with Gasteiger partial charge >= 0.3 is 0 Å². The highest BCUT2D eigenvalue weighted by Gasteiger charge is 2.53. The van der Waals surface area contributed by atoms with E-state index in [4.69, 9.17) is 13.9 Å². The first-order valence-corrected chi connectivity index (χ1v) is 12.3. The summed E-state index contributed by atoms with van der Waals surface area (Å²) in [6, 6.07) is 3.57.